The second-order valence-electron chi connectivity index (χ2n) is 4.10. The van der Waals surface area contributed by atoms with Gasteiger partial charge >= 0.3 is 0 Å². The van der Waals surface area contributed by atoms with E-state index < -0.39 is 0 Å². The largest absolute Gasteiger partial charge is 0.314 e. The normalized spacial score (nSPS) is 17.4. The van der Waals surface area contributed by atoms with Gasteiger partial charge in [-0.05, 0) is 40.0 Å². The van der Waals surface area contributed by atoms with E-state index in [1.807, 2.05) is 13.8 Å². The van der Waals surface area contributed by atoms with Gasteiger partial charge in [0.2, 0.25) is 0 Å². The van der Waals surface area contributed by atoms with Crippen molar-refractivity contribution in [2.45, 2.75) is 26.7 Å². The first-order valence-electron chi connectivity index (χ1n) is 6.37. The first kappa shape index (κ1) is 14.9. The summed E-state index contributed by atoms with van der Waals surface area (Å²) in [6.45, 7) is 11.3. The van der Waals surface area contributed by atoms with Crippen molar-refractivity contribution < 1.29 is 0 Å². The Bertz CT molecular complexity index is 120. The minimum atomic E-state index is 1.17. The molecule has 0 aromatic rings. The number of nitrogens with zero attached hydrogens (tertiary/aromatic N) is 2. The molecule has 0 radical (unpaired) electrons. The number of piperazine rings is 1. The highest BCUT2D eigenvalue weighted by Crippen LogP contribution is 1.97. The number of hydrogen-bond acceptors (Lipinski definition) is 3. The van der Waals surface area contributed by atoms with Crippen LogP contribution in [-0.4, -0.2) is 63.2 Å². The lowest BCUT2D eigenvalue weighted by molar-refractivity contribution is 0.233. The van der Waals surface area contributed by atoms with Gasteiger partial charge in [0.05, 0.1) is 0 Å². The topological polar surface area (TPSA) is 18.5 Å². The van der Waals surface area contributed by atoms with Crippen molar-refractivity contribution >= 4 is 0 Å². The van der Waals surface area contributed by atoms with Crippen molar-refractivity contribution in [3.8, 4) is 0 Å². The third-order valence-corrected chi connectivity index (χ3v) is 2.54. The highest BCUT2D eigenvalue weighted by atomic mass is 15.2. The summed E-state index contributed by atoms with van der Waals surface area (Å²) in [6, 6.07) is 0. The van der Waals surface area contributed by atoms with Crippen molar-refractivity contribution in [2.75, 3.05) is 53.4 Å². The Morgan fingerprint density at radius 2 is 1.67 bits per heavy atom. The fourth-order valence-electron chi connectivity index (χ4n) is 1.70. The third-order valence-electron chi connectivity index (χ3n) is 2.54. The maximum Gasteiger partial charge on any atom is 0.0107 e. The summed E-state index contributed by atoms with van der Waals surface area (Å²) >= 11 is 0. The maximum absolute atomic E-state index is 3.37. The minimum absolute atomic E-state index is 1.17. The van der Waals surface area contributed by atoms with Gasteiger partial charge < -0.3 is 15.1 Å². The lowest BCUT2D eigenvalue weighted by Crippen LogP contribution is -2.43. The molecular weight excluding hydrogens is 186 g/mol. The molecule has 15 heavy (non-hydrogen) atoms. The number of hydrogen-bond donors (Lipinski definition) is 1. The molecule has 0 amide bonds. The van der Waals surface area contributed by atoms with Crippen molar-refractivity contribution in [3.05, 3.63) is 0 Å². The van der Waals surface area contributed by atoms with Gasteiger partial charge in [0, 0.05) is 26.2 Å². The second kappa shape index (κ2) is 10.4. The van der Waals surface area contributed by atoms with Crippen LogP contribution in [0.2, 0.25) is 0 Å². The molecule has 0 aromatic carbocycles. The average molecular weight is 215 g/mol. The van der Waals surface area contributed by atoms with Crippen LogP contribution in [0.5, 0.6) is 0 Å². The van der Waals surface area contributed by atoms with Gasteiger partial charge in [-0.2, -0.15) is 0 Å². The Balaban J connectivity index is 0.000000921. The number of rotatable bonds is 5. The van der Waals surface area contributed by atoms with E-state index in [1.165, 1.54) is 52.1 Å². The van der Waals surface area contributed by atoms with Crippen LogP contribution in [0.4, 0.5) is 0 Å². The molecule has 0 saturated carbocycles. The monoisotopic (exact) mass is 215 g/mol. The Hall–Kier alpha value is -0.120. The van der Waals surface area contributed by atoms with Crippen molar-refractivity contribution in [2.24, 2.45) is 0 Å². The molecule has 0 unspecified atom stereocenters. The molecule has 92 valence electrons. The summed E-state index contributed by atoms with van der Waals surface area (Å²) in [6.07, 6.45) is 2.68. The first-order chi connectivity index (χ1) is 7.29. The van der Waals surface area contributed by atoms with Crippen LogP contribution in [0.25, 0.3) is 0 Å². The van der Waals surface area contributed by atoms with Crippen molar-refractivity contribution in [1.29, 1.82) is 0 Å². The Labute approximate surface area is 95.8 Å². The lowest BCUT2D eigenvalue weighted by Gasteiger charge is -2.27. The van der Waals surface area contributed by atoms with Gasteiger partial charge in [-0.1, -0.05) is 13.8 Å². The summed E-state index contributed by atoms with van der Waals surface area (Å²) in [5.41, 5.74) is 0. The van der Waals surface area contributed by atoms with E-state index in [9.17, 15) is 0 Å². The maximum atomic E-state index is 3.37. The number of unbranched alkanes of at least 4 members (excludes halogenated alkanes) is 1. The molecule has 3 nitrogen and oxygen atoms in total. The Kier molecular flexibility index (Phi) is 10.3. The van der Waals surface area contributed by atoms with E-state index in [2.05, 4.69) is 29.2 Å². The fourth-order valence-corrected chi connectivity index (χ4v) is 1.70. The van der Waals surface area contributed by atoms with Crippen LogP contribution in [0.15, 0.2) is 0 Å². The predicted octanol–water partition coefficient (Wildman–Crippen LogP) is 1.26. The quantitative estimate of drug-likeness (QED) is 0.697. The van der Waals surface area contributed by atoms with Crippen LogP contribution in [0.1, 0.15) is 26.7 Å². The summed E-state index contributed by atoms with van der Waals surface area (Å²) in [5, 5.41) is 3.37. The van der Waals surface area contributed by atoms with Gasteiger partial charge in [-0.3, -0.25) is 0 Å². The summed E-state index contributed by atoms with van der Waals surface area (Å²) in [5.74, 6) is 0. The Morgan fingerprint density at radius 3 is 2.20 bits per heavy atom. The number of nitrogens with one attached hydrogen (secondary N) is 1. The SMILES string of the molecule is CC.CN(C)CCCCN1CCNCC1. The van der Waals surface area contributed by atoms with Crippen LogP contribution in [0.3, 0.4) is 0 Å². The zero-order valence-electron chi connectivity index (χ0n) is 11.1. The molecular formula is C12H29N3. The lowest BCUT2D eigenvalue weighted by atomic mass is 10.2. The molecule has 0 spiro atoms. The first-order valence-corrected chi connectivity index (χ1v) is 6.37. The zero-order chi connectivity index (χ0) is 11.5. The smallest absolute Gasteiger partial charge is 0.0107 e. The van der Waals surface area contributed by atoms with Crippen molar-refractivity contribution in [1.82, 2.24) is 15.1 Å². The van der Waals surface area contributed by atoms with Crippen LogP contribution in [-0.2, 0) is 0 Å². The second-order valence-corrected chi connectivity index (χ2v) is 4.10. The summed E-state index contributed by atoms with van der Waals surface area (Å²) < 4.78 is 0. The van der Waals surface area contributed by atoms with E-state index in [4.69, 9.17) is 0 Å². The van der Waals surface area contributed by atoms with Crippen molar-refractivity contribution in [3.63, 3.8) is 0 Å². The van der Waals surface area contributed by atoms with Crippen LogP contribution >= 0.6 is 0 Å². The highest BCUT2D eigenvalue weighted by molar-refractivity contribution is 4.67. The zero-order valence-corrected chi connectivity index (χ0v) is 11.1. The van der Waals surface area contributed by atoms with Gasteiger partial charge in [0.1, 0.15) is 0 Å². The van der Waals surface area contributed by atoms with E-state index in [0.717, 1.165) is 0 Å². The van der Waals surface area contributed by atoms with E-state index >= 15 is 0 Å². The summed E-state index contributed by atoms with van der Waals surface area (Å²) in [7, 11) is 4.29. The van der Waals surface area contributed by atoms with Crippen LogP contribution < -0.4 is 5.32 Å². The molecule has 0 aromatic heterocycles. The third kappa shape index (κ3) is 8.85. The molecule has 0 atom stereocenters. The van der Waals surface area contributed by atoms with Gasteiger partial charge in [-0.15, -0.1) is 0 Å². The van der Waals surface area contributed by atoms with Gasteiger partial charge in [0.25, 0.3) is 0 Å². The molecule has 1 aliphatic heterocycles. The molecule has 0 bridgehead atoms. The molecule has 1 fully saturated rings. The van der Waals surface area contributed by atoms with E-state index in [0.29, 0.717) is 0 Å². The molecule has 1 saturated heterocycles. The molecule has 1 rings (SSSR count). The van der Waals surface area contributed by atoms with E-state index in [-0.39, 0.29) is 0 Å². The molecule has 1 heterocycles. The summed E-state index contributed by atoms with van der Waals surface area (Å²) in [4.78, 5) is 4.82. The van der Waals surface area contributed by atoms with E-state index in [1.54, 1.807) is 0 Å². The van der Waals surface area contributed by atoms with Gasteiger partial charge in [-0.25, -0.2) is 0 Å². The molecule has 1 N–H and O–H groups in total. The minimum Gasteiger partial charge on any atom is -0.314 e. The predicted molar refractivity (Wildman–Crippen MR) is 68.4 cm³/mol. The molecule has 3 heteroatoms. The fraction of sp³-hybridized carbons (Fsp3) is 1.00. The highest BCUT2D eigenvalue weighted by Gasteiger charge is 2.07. The van der Waals surface area contributed by atoms with Crippen LogP contribution in [0, 0.1) is 0 Å². The molecule has 1 aliphatic rings. The average Bonchev–Trinajstić information content (AvgIpc) is 2.28. The Morgan fingerprint density at radius 1 is 1.07 bits per heavy atom. The molecule has 0 aliphatic carbocycles. The standard InChI is InChI=1S/C10H23N3.C2H6/c1-12(2)7-3-4-8-13-9-5-11-6-10-13;1-2/h11H,3-10H2,1-2H3;1-2H3. The van der Waals surface area contributed by atoms with Gasteiger partial charge in [0.15, 0.2) is 0 Å².